The van der Waals surface area contributed by atoms with Crippen molar-refractivity contribution in [3.63, 3.8) is 0 Å². The first-order valence-electron chi connectivity index (χ1n) is 15.1. The number of aliphatic hydroxyl groups is 3. The summed E-state index contributed by atoms with van der Waals surface area (Å²) >= 11 is 0. The molecule has 1 fully saturated rings. The number of hydrogen-bond acceptors (Lipinski definition) is 13. The van der Waals surface area contributed by atoms with E-state index in [4.69, 9.17) is 15.2 Å². The lowest BCUT2D eigenvalue weighted by atomic mass is 9.60. The van der Waals surface area contributed by atoms with Gasteiger partial charge >= 0.3 is 12.1 Å². The lowest BCUT2D eigenvalue weighted by Crippen LogP contribution is -2.77. The van der Waals surface area contributed by atoms with Crippen molar-refractivity contribution in [1.29, 1.82) is 0 Å². The first-order valence-corrected chi connectivity index (χ1v) is 15.1. The van der Waals surface area contributed by atoms with Gasteiger partial charge in [0.15, 0.2) is 28.9 Å². The molecule has 14 nitrogen and oxygen atoms in total. The summed E-state index contributed by atoms with van der Waals surface area (Å²) in [5, 5.41) is 47.7. The minimum atomic E-state index is -2.73. The van der Waals surface area contributed by atoms with E-state index in [1.54, 1.807) is 41.5 Å². The Morgan fingerprint density at radius 2 is 1.62 bits per heavy atom. The van der Waals surface area contributed by atoms with Gasteiger partial charge in [0.25, 0.3) is 0 Å². The summed E-state index contributed by atoms with van der Waals surface area (Å²) in [6, 6.07) is 2.70. The van der Waals surface area contributed by atoms with Crippen molar-refractivity contribution >= 4 is 35.7 Å². The predicted molar refractivity (Wildman–Crippen MR) is 167 cm³/mol. The molecule has 0 radical (unpaired) electrons. The number of ketones is 2. The number of aromatic hydroxyl groups is 1. The number of Topliss-reactive ketones (excluding diaryl/α,β-unsaturated/α-hetero) is 1. The third kappa shape index (κ3) is 5.68. The molecule has 1 saturated carbocycles. The molecule has 0 heterocycles. The normalized spacial score (nSPS) is 25.4. The minimum Gasteiger partial charge on any atom is -0.509 e. The topological polar surface area (TPSA) is 226 Å². The number of amides is 1. The number of fused-ring (bicyclic) bond motifs is 3. The number of alkyl carbamates (subject to hydrolysis) is 1. The van der Waals surface area contributed by atoms with Gasteiger partial charge in [-0.05, 0) is 80.0 Å². The van der Waals surface area contributed by atoms with E-state index < -0.39 is 86.3 Å². The van der Waals surface area contributed by atoms with Crippen molar-refractivity contribution in [1.82, 2.24) is 10.2 Å². The summed E-state index contributed by atoms with van der Waals surface area (Å²) in [7, 11) is 2.70. The molecule has 4 rings (SSSR count). The smallest absolute Gasteiger partial charge is 0.409 e. The third-order valence-corrected chi connectivity index (χ3v) is 8.83. The lowest BCUT2D eigenvalue weighted by molar-refractivity contribution is -0.171. The number of phenols is 1. The van der Waals surface area contributed by atoms with Crippen LogP contribution in [0.5, 0.6) is 5.75 Å². The molecule has 3 aliphatic carbocycles. The average molecular weight is 658 g/mol. The van der Waals surface area contributed by atoms with E-state index in [9.17, 15) is 44.4 Å². The van der Waals surface area contributed by atoms with E-state index in [1.807, 2.05) is 0 Å². The molecule has 0 saturated heterocycles. The number of aldehydes is 1. The fourth-order valence-electron chi connectivity index (χ4n) is 6.68. The van der Waals surface area contributed by atoms with E-state index in [0.717, 1.165) is 11.0 Å². The largest absolute Gasteiger partial charge is 0.509 e. The van der Waals surface area contributed by atoms with Gasteiger partial charge in [-0.1, -0.05) is 12.1 Å². The Kier molecular flexibility index (Phi) is 8.67. The number of carbonyl (C=O) groups excluding carboxylic acids is 5. The standard InChI is InChI=1S/C33H43N3O11/c1-29(2,3)46-27(43)33(34,31(15-37,36(7)8)35-28(44)47-30(4,5)6)20-10-9-16-11-17-12-18-13-19(38)14-21(39)32(18,45)26(42)23(17)25(41)22(16)24(20)40/h9-10,14-15,17-18,39-41,45H,11-13,34H2,1-8H3,(H,35,44). The number of likely N-dealkylation sites (N-methyl/N-ethyl adjacent to an activating group) is 1. The van der Waals surface area contributed by atoms with Crippen LogP contribution < -0.4 is 11.1 Å². The number of rotatable bonds is 6. The number of nitrogens with zero attached hydrogens (tertiary/aromatic N) is 1. The zero-order valence-electron chi connectivity index (χ0n) is 27.8. The zero-order valence-corrected chi connectivity index (χ0v) is 27.8. The summed E-state index contributed by atoms with van der Waals surface area (Å²) in [4.78, 5) is 67.4. The molecule has 256 valence electrons. The van der Waals surface area contributed by atoms with E-state index in [1.165, 1.54) is 26.2 Å². The number of esters is 1. The van der Waals surface area contributed by atoms with E-state index in [-0.39, 0.29) is 36.7 Å². The van der Waals surface area contributed by atoms with Crippen molar-refractivity contribution in [2.75, 3.05) is 14.1 Å². The average Bonchev–Trinajstić information content (AvgIpc) is 2.91. The van der Waals surface area contributed by atoms with Gasteiger partial charge in [0.1, 0.15) is 28.5 Å². The maximum Gasteiger partial charge on any atom is 0.409 e. The number of ether oxygens (including phenoxy) is 2. The molecule has 5 atom stereocenters. The number of phenolic OH excluding ortho intramolecular Hbond substituents is 1. The molecular formula is C33H43N3O11. The van der Waals surface area contributed by atoms with Gasteiger partial charge in [0.2, 0.25) is 5.78 Å². The van der Waals surface area contributed by atoms with Crippen LogP contribution in [-0.4, -0.2) is 91.8 Å². The Balaban J connectivity index is 1.98. The fraction of sp³-hybridized carbons (Fsp3) is 0.545. The molecule has 0 aliphatic heterocycles. The van der Waals surface area contributed by atoms with Crippen LogP contribution in [0.15, 0.2) is 29.5 Å². The summed E-state index contributed by atoms with van der Waals surface area (Å²) < 4.78 is 11.0. The van der Waals surface area contributed by atoms with Gasteiger partial charge in [0, 0.05) is 29.6 Å². The zero-order chi connectivity index (χ0) is 35.7. The molecule has 1 aromatic rings. The van der Waals surface area contributed by atoms with Gasteiger partial charge in [-0.2, -0.15) is 0 Å². The molecule has 3 aliphatic rings. The van der Waals surface area contributed by atoms with Crippen LogP contribution in [0, 0.1) is 11.8 Å². The van der Waals surface area contributed by atoms with Crippen LogP contribution in [0.2, 0.25) is 0 Å². The highest BCUT2D eigenvalue weighted by Crippen LogP contribution is 2.52. The Hall–Kier alpha value is -4.27. The van der Waals surface area contributed by atoms with Crippen molar-refractivity contribution < 1.29 is 53.9 Å². The molecule has 1 amide bonds. The van der Waals surface area contributed by atoms with Crippen LogP contribution in [0.3, 0.4) is 0 Å². The Labute approximate surface area is 272 Å². The summed E-state index contributed by atoms with van der Waals surface area (Å²) in [6.45, 7) is 9.38. The van der Waals surface area contributed by atoms with Crippen molar-refractivity contribution in [3.8, 4) is 5.75 Å². The number of allylic oxidation sites excluding steroid dienone is 1. The Morgan fingerprint density at radius 3 is 2.15 bits per heavy atom. The number of hydrogen-bond donors (Lipinski definition) is 6. The first-order chi connectivity index (χ1) is 21.4. The second kappa shape index (κ2) is 11.5. The second-order valence-electron chi connectivity index (χ2n) is 14.6. The van der Waals surface area contributed by atoms with Crippen molar-refractivity contribution in [2.24, 2.45) is 17.6 Å². The van der Waals surface area contributed by atoms with E-state index >= 15 is 0 Å². The van der Waals surface area contributed by atoms with Gasteiger partial charge in [-0.25, -0.2) is 9.59 Å². The molecule has 1 aromatic carbocycles. The van der Waals surface area contributed by atoms with Crippen molar-refractivity contribution in [3.05, 3.63) is 46.2 Å². The van der Waals surface area contributed by atoms with Crippen LogP contribution in [0.4, 0.5) is 4.79 Å². The van der Waals surface area contributed by atoms with Crippen LogP contribution in [0.25, 0.3) is 5.76 Å². The number of nitrogens with two attached hydrogens (primary N) is 1. The first kappa shape index (κ1) is 35.6. The minimum absolute atomic E-state index is 0.0562. The summed E-state index contributed by atoms with van der Waals surface area (Å²) in [6.07, 6.45) is -0.222. The Bertz CT molecular complexity index is 1620. The lowest BCUT2D eigenvalue weighted by Gasteiger charge is -2.48. The van der Waals surface area contributed by atoms with Crippen LogP contribution >= 0.6 is 0 Å². The van der Waals surface area contributed by atoms with E-state index in [0.29, 0.717) is 5.56 Å². The highest BCUT2D eigenvalue weighted by atomic mass is 16.6. The Morgan fingerprint density at radius 1 is 1.02 bits per heavy atom. The monoisotopic (exact) mass is 657 g/mol. The maximum atomic E-state index is 14.1. The van der Waals surface area contributed by atoms with Crippen molar-refractivity contribution in [2.45, 2.75) is 88.8 Å². The van der Waals surface area contributed by atoms with Gasteiger partial charge in [-0.15, -0.1) is 0 Å². The van der Waals surface area contributed by atoms with Crippen LogP contribution in [-0.2, 0) is 40.6 Å². The quantitative estimate of drug-likeness (QED) is 0.146. The second-order valence-corrected chi connectivity index (χ2v) is 14.6. The molecule has 47 heavy (non-hydrogen) atoms. The van der Waals surface area contributed by atoms with Gasteiger partial charge in [-0.3, -0.25) is 24.6 Å². The van der Waals surface area contributed by atoms with Crippen LogP contribution in [0.1, 0.15) is 71.1 Å². The number of benzene rings is 1. The highest BCUT2D eigenvalue weighted by molar-refractivity contribution is 6.12. The third-order valence-electron chi connectivity index (χ3n) is 8.83. The van der Waals surface area contributed by atoms with E-state index in [2.05, 4.69) is 5.32 Å². The maximum absolute atomic E-state index is 14.1. The number of carbonyl (C=O) groups is 5. The molecular weight excluding hydrogens is 614 g/mol. The molecule has 5 unspecified atom stereocenters. The predicted octanol–water partition coefficient (Wildman–Crippen LogP) is 2.05. The number of nitrogens with one attached hydrogen (secondary N) is 1. The molecule has 0 bridgehead atoms. The van der Waals surface area contributed by atoms with Gasteiger partial charge < -0.3 is 35.6 Å². The highest BCUT2D eigenvalue weighted by Gasteiger charge is 2.63. The number of aliphatic hydroxyl groups excluding tert-OH is 2. The molecule has 7 N–H and O–H groups in total. The fourth-order valence-corrected chi connectivity index (χ4v) is 6.68. The molecule has 0 aromatic heterocycles. The summed E-state index contributed by atoms with van der Waals surface area (Å²) in [5.74, 6) is -6.77. The summed E-state index contributed by atoms with van der Waals surface area (Å²) in [5.41, 5.74) is -3.72. The SMILES string of the molecule is CN(C)C(C=O)(NC(=O)OC(C)(C)C)C(N)(C(=O)OC(C)(C)C)c1ccc2c(c1O)C(O)=C1C(=O)C3(O)C(O)=CC(=O)CC3CC1C2. The van der Waals surface area contributed by atoms with Gasteiger partial charge in [0.05, 0.1) is 5.56 Å². The molecule has 14 heteroatoms. The molecule has 0 spiro atoms.